The first-order valence-electron chi connectivity index (χ1n) is 9.97. The van der Waals surface area contributed by atoms with E-state index in [0.717, 1.165) is 27.2 Å². The van der Waals surface area contributed by atoms with Crippen LogP contribution < -0.4 is 0 Å². The van der Waals surface area contributed by atoms with Gasteiger partial charge in [0.15, 0.2) is 0 Å². The Hall–Kier alpha value is -2.71. The molecule has 1 unspecified atom stereocenters. The van der Waals surface area contributed by atoms with Gasteiger partial charge in [-0.25, -0.2) is 0 Å². The third-order valence-electron chi connectivity index (χ3n) is 5.31. The van der Waals surface area contributed by atoms with Gasteiger partial charge in [-0.2, -0.15) is 0 Å². The van der Waals surface area contributed by atoms with E-state index in [1.807, 2.05) is 30.3 Å². The maximum atomic E-state index is 13.8. The molecule has 3 aromatic carbocycles. The van der Waals surface area contributed by atoms with E-state index in [9.17, 15) is 4.21 Å². The summed E-state index contributed by atoms with van der Waals surface area (Å²) >= 11 is 0. The Morgan fingerprint density at radius 1 is 0.621 bits per heavy atom. The van der Waals surface area contributed by atoms with Crippen LogP contribution >= 0.6 is 0 Å². The maximum absolute atomic E-state index is 13.8. The normalized spacial score (nSPS) is 15.2. The zero-order chi connectivity index (χ0) is 20.5. The van der Waals surface area contributed by atoms with Crippen molar-refractivity contribution in [3.63, 3.8) is 0 Å². The van der Waals surface area contributed by atoms with Gasteiger partial charge < -0.3 is 0 Å². The van der Waals surface area contributed by atoms with Crippen molar-refractivity contribution in [3.8, 4) is 0 Å². The fourth-order valence-corrected chi connectivity index (χ4v) is 5.81. The molecule has 0 amide bonds. The second-order valence-electron chi connectivity index (χ2n) is 7.99. The molecule has 0 saturated carbocycles. The quantitative estimate of drug-likeness (QED) is 0.485. The zero-order valence-corrected chi connectivity index (χ0v) is 18.2. The van der Waals surface area contributed by atoms with E-state index in [0.29, 0.717) is 0 Å². The highest BCUT2D eigenvalue weighted by Crippen LogP contribution is 2.40. The van der Waals surface area contributed by atoms with Crippen LogP contribution in [0.3, 0.4) is 0 Å². The van der Waals surface area contributed by atoms with Crippen molar-refractivity contribution in [1.82, 2.24) is 0 Å². The molecular weight excluding hydrogens is 372 g/mol. The van der Waals surface area contributed by atoms with E-state index >= 15 is 0 Å². The molecule has 1 nitrogen and oxygen atoms in total. The summed E-state index contributed by atoms with van der Waals surface area (Å²) in [6, 6.07) is 23.0. The van der Waals surface area contributed by atoms with E-state index in [1.165, 1.54) is 22.3 Å². The van der Waals surface area contributed by atoms with Crippen molar-refractivity contribution >= 4 is 21.9 Å². The van der Waals surface area contributed by atoms with E-state index < -0.39 is 10.8 Å². The first-order chi connectivity index (χ1) is 13.9. The summed E-state index contributed by atoms with van der Waals surface area (Å²) in [6.07, 6.45) is 4.32. The highest BCUT2D eigenvalue weighted by molar-refractivity contribution is 7.86. The van der Waals surface area contributed by atoms with Crippen LogP contribution in [0.15, 0.2) is 83.8 Å². The van der Waals surface area contributed by atoms with Crippen molar-refractivity contribution in [2.24, 2.45) is 0 Å². The van der Waals surface area contributed by atoms with Gasteiger partial charge in [0.1, 0.15) is 0 Å². The lowest BCUT2D eigenvalue weighted by atomic mass is 9.94. The van der Waals surface area contributed by atoms with Gasteiger partial charge in [0, 0.05) is 4.90 Å². The smallest absolute Gasteiger partial charge is 0.0905 e. The molecular formula is C27H26OS. The van der Waals surface area contributed by atoms with Crippen molar-refractivity contribution in [2.45, 2.75) is 37.8 Å². The third-order valence-corrected chi connectivity index (χ3v) is 6.98. The molecule has 3 aromatic rings. The van der Waals surface area contributed by atoms with E-state index in [1.54, 1.807) is 0 Å². The number of allylic oxidation sites excluding steroid dienone is 2. The van der Waals surface area contributed by atoms with Crippen LogP contribution in [0.5, 0.6) is 0 Å². The number of hydrogen-bond acceptors (Lipinski definition) is 1. The van der Waals surface area contributed by atoms with Crippen LogP contribution in [0.1, 0.15) is 33.4 Å². The molecule has 0 aromatic heterocycles. The molecule has 0 saturated heterocycles. The predicted octanol–water partition coefficient (Wildman–Crippen LogP) is 6.58. The van der Waals surface area contributed by atoms with Gasteiger partial charge >= 0.3 is 0 Å². The van der Waals surface area contributed by atoms with Crippen LogP contribution in [0, 0.1) is 27.7 Å². The average molecular weight is 399 g/mol. The van der Waals surface area contributed by atoms with Crippen LogP contribution in [-0.4, -0.2) is 9.46 Å². The predicted molar refractivity (Wildman–Crippen MR) is 124 cm³/mol. The summed E-state index contributed by atoms with van der Waals surface area (Å²) in [5, 5.41) is -0.181. The Bertz CT molecular complexity index is 1040. The number of aryl methyl sites for hydroxylation is 4. The Labute approximate surface area is 176 Å². The zero-order valence-electron chi connectivity index (χ0n) is 17.4. The van der Waals surface area contributed by atoms with Gasteiger partial charge in [0.25, 0.3) is 0 Å². The minimum Gasteiger partial charge on any atom is -0.253 e. The highest BCUT2D eigenvalue weighted by Gasteiger charge is 2.31. The molecule has 1 aliphatic rings. The monoisotopic (exact) mass is 398 g/mol. The highest BCUT2D eigenvalue weighted by atomic mass is 32.2. The number of rotatable bonds is 4. The molecule has 2 heteroatoms. The summed E-state index contributed by atoms with van der Waals surface area (Å²) in [4.78, 5) is 0.866. The van der Waals surface area contributed by atoms with Gasteiger partial charge in [-0.05, 0) is 62.1 Å². The van der Waals surface area contributed by atoms with Crippen molar-refractivity contribution in [3.05, 3.63) is 112 Å². The lowest BCUT2D eigenvalue weighted by Crippen LogP contribution is -2.17. The van der Waals surface area contributed by atoms with E-state index in [-0.39, 0.29) is 5.25 Å². The molecule has 0 fully saturated rings. The lowest BCUT2D eigenvalue weighted by molar-refractivity contribution is 0.683. The Morgan fingerprint density at radius 2 is 1.03 bits per heavy atom. The molecule has 146 valence electrons. The van der Waals surface area contributed by atoms with Crippen molar-refractivity contribution in [2.75, 3.05) is 0 Å². The molecule has 0 radical (unpaired) electrons. The van der Waals surface area contributed by atoms with Crippen molar-refractivity contribution < 1.29 is 4.21 Å². The SMILES string of the molecule is Cc1cc(C)cc(C2=CC=C(c3cc(C)cc(C)c3)C2S(=O)c2ccccc2)c1. The van der Waals surface area contributed by atoms with Gasteiger partial charge in [0.05, 0.1) is 16.0 Å². The minimum absolute atomic E-state index is 0.181. The molecule has 0 heterocycles. The molecule has 1 atom stereocenters. The summed E-state index contributed by atoms with van der Waals surface area (Å²) < 4.78 is 13.8. The summed E-state index contributed by atoms with van der Waals surface area (Å²) in [6.45, 7) is 8.47. The van der Waals surface area contributed by atoms with Gasteiger partial charge in [-0.15, -0.1) is 0 Å². The third kappa shape index (κ3) is 4.04. The van der Waals surface area contributed by atoms with Crippen molar-refractivity contribution in [1.29, 1.82) is 0 Å². The minimum atomic E-state index is -1.18. The van der Waals surface area contributed by atoms with E-state index in [4.69, 9.17) is 0 Å². The van der Waals surface area contributed by atoms with Gasteiger partial charge in [-0.1, -0.05) is 89.0 Å². The van der Waals surface area contributed by atoms with Gasteiger partial charge in [0.2, 0.25) is 0 Å². The lowest BCUT2D eigenvalue weighted by Gasteiger charge is -2.21. The van der Waals surface area contributed by atoms with Crippen LogP contribution in [0.25, 0.3) is 11.1 Å². The maximum Gasteiger partial charge on any atom is 0.0905 e. The fraction of sp³-hybridized carbons (Fsp3) is 0.185. The molecule has 0 spiro atoms. The average Bonchev–Trinajstić information content (AvgIpc) is 3.12. The Morgan fingerprint density at radius 3 is 1.45 bits per heavy atom. The first-order valence-corrected chi connectivity index (χ1v) is 11.2. The topological polar surface area (TPSA) is 17.1 Å². The molecule has 0 N–H and O–H groups in total. The molecule has 0 aliphatic heterocycles. The molecule has 0 bridgehead atoms. The molecule has 1 aliphatic carbocycles. The summed E-state index contributed by atoms with van der Waals surface area (Å²) in [5.41, 5.74) is 9.49. The molecule has 4 rings (SSSR count). The summed E-state index contributed by atoms with van der Waals surface area (Å²) in [5.74, 6) is 0. The Balaban J connectivity index is 1.84. The molecule has 29 heavy (non-hydrogen) atoms. The largest absolute Gasteiger partial charge is 0.253 e. The second-order valence-corrected chi connectivity index (χ2v) is 9.52. The van der Waals surface area contributed by atoms with E-state index in [2.05, 4.69) is 76.2 Å². The number of benzene rings is 3. The van der Waals surface area contributed by atoms with Crippen LogP contribution in [-0.2, 0) is 10.8 Å². The summed E-state index contributed by atoms with van der Waals surface area (Å²) in [7, 11) is -1.18. The van der Waals surface area contributed by atoms with Crippen LogP contribution in [0.4, 0.5) is 0 Å². The first kappa shape index (κ1) is 19.6. The van der Waals surface area contributed by atoms with Gasteiger partial charge in [-0.3, -0.25) is 4.21 Å². The number of hydrogen-bond donors (Lipinski definition) is 0. The Kier molecular flexibility index (Phi) is 5.38. The second kappa shape index (κ2) is 7.96. The fourth-order valence-electron chi connectivity index (χ4n) is 4.22. The van der Waals surface area contributed by atoms with Crippen LogP contribution in [0.2, 0.25) is 0 Å². The standard InChI is InChI=1S/C27H26OS/c1-18-12-19(2)15-22(14-18)25-10-11-26(23-16-20(3)13-21(4)17-23)27(25)29(28)24-8-6-5-7-9-24/h5-17,27H,1-4H3.